The van der Waals surface area contributed by atoms with E-state index in [-0.39, 0.29) is 0 Å². The molecule has 1 aliphatic heterocycles. The van der Waals surface area contributed by atoms with E-state index in [2.05, 4.69) is 32.3 Å². The van der Waals surface area contributed by atoms with Crippen molar-refractivity contribution >= 4 is 11.5 Å². The van der Waals surface area contributed by atoms with Crippen molar-refractivity contribution < 1.29 is 0 Å². The van der Waals surface area contributed by atoms with Gasteiger partial charge in [-0.05, 0) is 49.2 Å². The number of piperidine rings is 1. The number of hydrogen-bond acceptors (Lipinski definition) is 5. The highest BCUT2D eigenvalue weighted by molar-refractivity contribution is 5.88. The highest BCUT2D eigenvalue weighted by Gasteiger charge is 2.22. The highest BCUT2D eigenvalue weighted by Crippen LogP contribution is 2.36. The van der Waals surface area contributed by atoms with Gasteiger partial charge in [-0.25, -0.2) is 0 Å². The smallest absolute Gasteiger partial charge is 0.156 e. The maximum absolute atomic E-state index is 5.86. The number of nitrogens with one attached hydrogen (secondary N) is 2. The maximum atomic E-state index is 5.86. The molecule has 0 spiro atoms. The second kappa shape index (κ2) is 7.80. The van der Waals surface area contributed by atoms with Crippen LogP contribution in [0, 0.1) is 0 Å². The Kier molecular flexibility index (Phi) is 5.07. The largest absolute Gasteiger partial charge is 0.399 e. The second-order valence-corrected chi connectivity index (χ2v) is 7.03. The summed E-state index contributed by atoms with van der Waals surface area (Å²) in [6, 6.07) is 12.4. The van der Waals surface area contributed by atoms with E-state index in [0.29, 0.717) is 6.04 Å². The van der Waals surface area contributed by atoms with Gasteiger partial charge in [0.05, 0.1) is 11.3 Å². The Balaban J connectivity index is 1.67. The number of likely N-dealkylation sites (tertiary alicyclic amines) is 1. The summed E-state index contributed by atoms with van der Waals surface area (Å²) < 4.78 is 0. The minimum Gasteiger partial charge on any atom is -0.399 e. The van der Waals surface area contributed by atoms with Crippen molar-refractivity contribution in [1.82, 2.24) is 20.1 Å². The van der Waals surface area contributed by atoms with Crippen LogP contribution in [0.15, 0.2) is 48.8 Å². The third kappa shape index (κ3) is 3.80. The maximum Gasteiger partial charge on any atom is 0.156 e. The molecule has 0 aliphatic carbocycles. The van der Waals surface area contributed by atoms with Crippen LogP contribution in [0.4, 0.5) is 11.5 Å². The van der Waals surface area contributed by atoms with Crippen LogP contribution in [0.2, 0.25) is 0 Å². The molecular formula is C21H26N6. The summed E-state index contributed by atoms with van der Waals surface area (Å²) in [4.78, 5) is 6.65. The number of aromatic amines is 1. The standard InChI is InChI=1S/C21H26N6/c1-2-27-13-9-18(10-14-27)24-21-19(15-7-11-23-12-8-15)20(25-26-21)16-3-5-17(22)6-4-16/h3-8,11-12,18H,2,9-10,13-14,22H2,1H3,(H2,24,25,26). The van der Waals surface area contributed by atoms with Crippen LogP contribution >= 0.6 is 0 Å². The molecule has 6 nitrogen and oxygen atoms in total. The number of nitrogens with two attached hydrogens (primary N) is 1. The van der Waals surface area contributed by atoms with E-state index in [1.165, 1.54) is 0 Å². The molecular weight excluding hydrogens is 336 g/mol. The molecule has 1 fully saturated rings. The Morgan fingerprint density at radius 2 is 1.78 bits per heavy atom. The van der Waals surface area contributed by atoms with Crippen molar-refractivity contribution in [2.75, 3.05) is 30.7 Å². The summed E-state index contributed by atoms with van der Waals surface area (Å²) in [5.74, 6) is 0.906. The first-order valence-electron chi connectivity index (χ1n) is 9.58. The quantitative estimate of drug-likeness (QED) is 0.604. The van der Waals surface area contributed by atoms with Crippen LogP contribution in [0.25, 0.3) is 22.4 Å². The lowest BCUT2D eigenvalue weighted by molar-refractivity contribution is 0.229. The molecule has 27 heavy (non-hydrogen) atoms. The minimum absolute atomic E-state index is 0.441. The predicted molar refractivity (Wildman–Crippen MR) is 110 cm³/mol. The van der Waals surface area contributed by atoms with Crippen molar-refractivity contribution in [3.8, 4) is 22.4 Å². The molecule has 1 aromatic carbocycles. The number of aromatic nitrogens is 3. The van der Waals surface area contributed by atoms with Crippen LogP contribution in [-0.2, 0) is 0 Å². The lowest BCUT2D eigenvalue weighted by atomic mass is 10.00. The fraction of sp³-hybridized carbons (Fsp3) is 0.333. The van der Waals surface area contributed by atoms with Gasteiger partial charge in [-0.15, -0.1) is 0 Å². The topological polar surface area (TPSA) is 82.9 Å². The second-order valence-electron chi connectivity index (χ2n) is 7.03. The van der Waals surface area contributed by atoms with Crippen LogP contribution in [-0.4, -0.2) is 45.8 Å². The average molecular weight is 362 g/mol. The molecule has 3 heterocycles. The zero-order valence-electron chi connectivity index (χ0n) is 15.7. The number of H-pyrrole nitrogens is 1. The van der Waals surface area contributed by atoms with Crippen molar-refractivity contribution in [3.05, 3.63) is 48.8 Å². The Morgan fingerprint density at radius 3 is 2.44 bits per heavy atom. The van der Waals surface area contributed by atoms with E-state index < -0.39 is 0 Å². The highest BCUT2D eigenvalue weighted by atomic mass is 15.2. The van der Waals surface area contributed by atoms with Gasteiger partial charge < -0.3 is 16.0 Å². The molecule has 2 aromatic heterocycles. The Hall–Kier alpha value is -2.86. The van der Waals surface area contributed by atoms with Crippen LogP contribution in [0.1, 0.15) is 19.8 Å². The normalized spacial score (nSPS) is 15.7. The van der Waals surface area contributed by atoms with E-state index in [0.717, 1.165) is 66.4 Å². The molecule has 1 aliphatic rings. The molecule has 6 heteroatoms. The van der Waals surface area contributed by atoms with Gasteiger partial charge in [0.15, 0.2) is 5.82 Å². The van der Waals surface area contributed by atoms with Gasteiger partial charge in [-0.1, -0.05) is 19.1 Å². The van der Waals surface area contributed by atoms with Gasteiger partial charge >= 0.3 is 0 Å². The first-order valence-corrected chi connectivity index (χ1v) is 9.58. The van der Waals surface area contributed by atoms with Crippen molar-refractivity contribution in [2.45, 2.75) is 25.8 Å². The SMILES string of the molecule is CCN1CCC(Nc2n[nH]c(-c3ccc(N)cc3)c2-c2ccncc2)CC1. The summed E-state index contributed by atoms with van der Waals surface area (Å²) in [6.45, 7) is 5.61. The number of rotatable bonds is 5. The molecule has 0 saturated carbocycles. The molecule has 0 atom stereocenters. The van der Waals surface area contributed by atoms with Crippen LogP contribution < -0.4 is 11.1 Å². The van der Waals surface area contributed by atoms with Gasteiger partial charge in [0.1, 0.15) is 0 Å². The fourth-order valence-corrected chi connectivity index (χ4v) is 3.69. The molecule has 0 radical (unpaired) electrons. The summed E-state index contributed by atoms with van der Waals surface area (Å²) in [5.41, 5.74) is 10.9. The van der Waals surface area contributed by atoms with E-state index in [1.54, 1.807) is 0 Å². The van der Waals surface area contributed by atoms with Crippen LogP contribution in [0.5, 0.6) is 0 Å². The Bertz CT molecular complexity index is 863. The number of benzene rings is 1. The number of nitrogen functional groups attached to an aromatic ring is 1. The molecule has 0 bridgehead atoms. The van der Waals surface area contributed by atoms with E-state index >= 15 is 0 Å². The Morgan fingerprint density at radius 1 is 1.07 bits per heavy atom. The summed E-state index contributed by atoms with van der Waals surface area (Å²) in [5, 5.41) is 11.5. The molecule has 0 amide bonds. The first kappa shape index (κ1) is 17.5. The molecule has 140 valence electrons. The van der Waals surface area contributed by atoms with Crippen molar-refractivity contribution in [2.24, 2.45) is 0 Å². The molecule has 1 saturated heterocycles. The van der Waals surface area contributed by atoms with Gasteiger partial charge in [-0.2, -0.15) is 5.10 Å². The van der Waals surface area contributed by atoms with Gasteiger partial charge in [0, 0.05) is 42.8 Å². The molecule has 4 N–H and O–H groups in total. The molecule has 0 unspecified atom stereocenters. The van der Waals surface area contributed by atoms with Gasteiger partial charge in [0.25, 0.3) is 0 Å². The lowest BCUT2D eigenvalue weighted by Gasteiger charge is -2.31. The zero-order chi connectivity index (χ0) is 18.6. The van der Waals surface area contributed by atoms with E-state index in [9.17, 15) is 0 Å². The average Bonchev–Trinajstić information content (AvgIpc) is 3.13. The van der Waals surface area contributed by atoms with Crippen molar-refractivity contribution in [3.63, 3.8) is 0 Å². The van der Waals surface area contributed by atoms with Crippen molar-refractivity contribution in [1.29, 1.82) is 0 Å². The molecule has 3 aromatic rings. The minimum atomic E-state index is 0.441. The predicted octanol–water partition coefficient (Wildman–Crippen LogP) is 3.62. The summed E-state index contributed by atoms with van der Waals surface area (Å²) in [6.07, 6.45) is 5.90. The number of pyridine rings is 1. The van der Waals surface area contributed by atoms with E-state index in [1.807, 2.05) is 48.8 Å². The number of hydrogen-bond donors (Lipinski definition) is 3. The Labute approximate surface area is 159 Å². The number of nitrogens with zero attached hydrogens (tertiary/aromatic N) is 3. The summed E-state index contributed by atoms with van der Waals surface area (Å²) >= 11 is 0. The lowest BCUT2D eigenvalue weighted by Crippen LogP contribution is -2.39. The third-order valence-electron chi connectivity index (χ3n) is 5.31. The van der Waals surface area contributed by atoms with Gasteiger partial charge in [-0.3, -0.25) is 10.1 Å². The first-order chi connectivity index (χ1) is 13.2. The third-order valence-corrected chi connectivity index (χ3v) is 5.31. The van der Waals surface area contributed by atoms with Crippen LogP contribution in [0.3, 0.4) is 0 Å². The molecule has 4 rings (SSSR count). The summed E-state index contributed by atoms with van der Waals surface area (Å²) in [7, 11) is 0. The fourth-order valence-electron chi connectivity index (χ4n) is 3.69. The van der Waals surface area contributed by atoms with E-state index in [4.69, 9.17) is 5.73 Å². The zero-order valence-corrected chi connectivity index (χ0v) is 15.7. The van der Waals surface area contributed by atoms with Gasteiger partial charge in [0.2, 0.25) is 0 Å². The monoisotopic (exact) mass is 362 g/mol. The number of anilines is 2.